The highest BCUT2D eigenvalue weighted by Crippen LogP contribution is 2.45. The van der Waals surface area contributed by atoms with Gasteiger partial charge in [0.15, 0.2) is 0 Å². The van der Waals surface area contributed by atoms with Gasteiger partial charge >= 0.3 is 6.09 Å². The van der Waals surface area contributed by atoms with E-state index >= 15 is 0 Å². The Morgan fingerprint density at radius 3 is 2.14 bits per heavy atom. The van der Waals surface area contributed by atoms with Crippen molar-refractivity contribution in [2.24, 2.45) is 11.3 Å². The highest BCUT2D eigenvalue weighted by Gasteiger charge is 2.62. The maximum absolute atomic E-state index is 14.5. The molecule has 1 heterocycles. The first-order valence-corrected chi connectivity index (χ1v) is 19.0. The van der Waals surface area contributed by atoms with Gasteiger partial charge in [-0.3, -0.25) is 19.1 Å². The zero-order valence-electron chi connectivity index (χ0n) is 29.2. The third-order valence-electron chi connectivity index (χ3n) is 10.3. The summed E-state index contributed by atoms with van der Waals surface area (Å²) in [7, 11) is -3.89. The zero-order chi connectivity index (χ0) is 36.7. The molecule has 3 aliphatic carbocycles. The molecule has 0 unspecified atom stereocenters. The van der Waals surface area contributed by atoms with Crippen LogP contribution in [0.15, 0.2) is 61.2 Å². The summed E-state index contributed by atoms with van der Waals surface area (Å²) in [4.78, 5) is 58.4. The minimum Gasteiger partial charge on any atom is -0.446 e. The Balaban J connectivity index is 1.26. The van der Waals surface area contributed by atoms with E-state index in [0.29, 0.717) is 18.5 Å². The molecule has 14 heteroatoms. The number of carbonyl (C=O) groups is 4. The summed E-state index contributed by atoms with van der Waals surface area (Å²) in [5, 5.41) is 4.93. The first-order valence-electron chi connectivity index (χ1n) is 17.5. The first kappa shape index (κ1) is 36.3. The van der Waals surface area contributed by atoms with E-state index in [4.69, 9.17) is 4.74 Å². The Bertz CT molecular complexity index is 1790. The number of halogens is 1. The molecule has 4 amide bonds. The predicted molar refractivity (Wildman–Crippen MR) is 189 cm³/mol. The topological polar surface area (TPSA) is 154 Å². The summed E-state index contributed by atoms with van der Waals surface area (Å²) >= 11 is 0. The largest absolute Gasteiger partial charge is 0.446 e. The maximum atomic E-state index is 14.5. The van der Waals surface area contributed by atoms with E-state index in [-0.39, 0.29) is 31.6 Å². The number of ether oxygens (including phenoxy) is 1. The highest BCUT2D eigenvalue weighted by molar-refractivity contribution is 7.91. The molecule has 1 aliphatic heterocycles. The number of rotatable bonds is 11. The maximum Gasteiger partial charge on any atom is 0.408 e. The molecule has 0 aromatic heterocycles. The van der Waals surface area contributed by atoms with Crippen LogP contribution < -0.4 is 20.3 Å². The second-order valence-electron chi connectivity index (χ2n) is 15.2. The summed E-state index contributed by atoms with van der Waals surface area (Å²) in [6, 6.07) is 11.3. The van der Waals surface area contributed by atoms with E-state index in [1.165, 1.54) is 23.1 Å². The van der Waals surface area contributed by atoms with Crippen LogP contribution in [0, 0.1) is 17.2 Å². The molecule has 3 saturated carbocycles. The van der Waals surface area contributed by atoms with Crippen LogP contribution in [-0.4, -0.2) is 79.3 Å². The van der Waals surface area contributed by atoms with Crippen molar-refractivity contribution in [2.75, 3.05) is 18.1 Å². The minimum absolute atomic E-state index is 0.0150. The van der Waals surface area contributed by atoms with Crippen molar-refractivity contribution in [3.8, 4) is 11.1 Å². The predicted octanol–water partition coefficient (Wildman–Crippen LogP) is 4.22. The molecule has 0 bridgehead atoms. The number of hydrogen-bond donors (Lipinski definition) is 3. The van der Waals surface area contributed by atoms with Crippen molar-refractivity contribution in [3.05, 3.63) is 67.0 Å². The Hall–Kier alpha value is -4.46. The molecule has 0 radical (unpaired) electrons. The Kier molecular flexibility index (Phi) is 9.92. The van der Waals surface area contributed by atoms with Crippen molar-refractivity contribution in [3.63, 3.8) is 0 Å². The summed E-state index contributed by atoms with van der Waals surface area (Å²) in [6.45, 7) is 9.22. The molecule has 0 spiro atoms. The van der Waals surface area contributed by atoms with Crippen LogP contribution >= 0.6 is 0 Å². The van der Waals surface area contributed by atoms with Crippen LogP contribution in [0.3, 0.4) is 0 Å². The molecule has 4 aliphatic rings. The average Bonchev–Trinajstić information content (AvgIpc) is 3.96. The van der Waals surface area contributed by atoms with E-state index in [2.05, 4.69) is 21.9 Å². The lowest BCUT2D eigenvalue weighted by atomic mass is 9.85. The Morgan fingerprint density at radius 1 is 0.980 bits per heavy atom. The number of alkyl carbamates (subject to hydrolysis) is 1. The van der Waals surface area contributed by atoms with Gasteiger partial charge in [0.25, 0.3) is 5.91 Å². The molecule has 1 saturated heterocycles. The van der Waals surface area contributed by atoms with Gasteiger partial charge in [0.1, 0.15) is 29.5 Å². The SMILES string of the molecule is C=C[C@@H]1C[C@]1(NC(=O)[C@@H]1CN(c2ccc(-c3ccc(F)cc3)cc2)CN1C(=O)[C@@H](NC(=O)OC1CCCC1)C(C)(C)C)C(=O)NS(=O)(=O)C1CC1. The molecule has 2 aromatic carbocycles. The number of benzene rings is 2. The molecule has 6 rings (SSSR count). The van der Waals surface area contributed by atoms with Crippen LogP contribution in [0.25, 0.3) is 11.1 Å². The van der Waals surface area contributed by atoms with Crippen LogP contribution in [0.2, 0.25) is 0 Å². The van der Waals surface area contributed by atoms with Crippen molar-refractivity contribution >= 4 is 39.5 Å². The molecular weight excluding hydrogens is 678 g/mol. The fourth-order valence-corrected chi connectivity index (χ4v) is 8.30. The number of hydrogen-bond acceptors (Lipinski definition) is 8. The van der Waals surface area contributed by atoms with E-state index in [0.717, 1.165) is 36.8 Å². The van der Waals surface area contributed by atoms with Crippen LogP contribution in [0.4, 0.5) is 14.9 Å². The summed E-state index contributed by atoms with van der Waals surface area (Å²) in [6.07, 6.45) is 5.10. The second kappa shape index (κ2) is 13.9. The number of carbonyl (C=O) groups excluding carboxylic acids is 4. The van der Waals surface area contributed by atoms with Crippen molar-refractivity contribution in [1.82, 2.24) is 20.3 Å². The third kappa shape index (κ3) is 7.90. The number of sulfonamides is 1. The lowest BCUT2D eigenvalue weighted by molar-refractivity contribution is -0.142. The van der Waals surface area contributed by atoms with Gasteiger partial charge in [0, 0.05) is 18.2 Å². The standard InChI is InChI=1S/C37H46FN5O7S/c1-5-25-20-37(25,34(46)41-51(48,49)29-18-19-29)40-32(44)30-21-42(27-16-12-24(13-17-27)23-10-14-26(38)15-11-23)22-43(30)33(45)31(36(2,3)4)39-35(47)50-28-8-6-7-9-28/h5,10-17,25,28-31H,1,6-9,18-22H2,2-4H3,(H,39,47)(H,40,44)(H,41,46)/t25-,30+,31-,37-/m1/s1. The molecular formula is C37H46FN5O7S. The van der Waals surface area contributed by atoms with Gasteiger partial charge in [0.2, 0.25) is 21.8 Å². The van der Waals surface area contributed by atoms with Gasteiger partial charge in [-0.05, 0) is 85.8 Å². The van der Waals surface area contributed by atoms with Crippen molar-refractivity contribution in [1.29, 1.82) is 0 Å². The fourth-order valence-electron chi connectivity index (χ4n) is 6.93. The van der Waals surface area contributed by atoms with Crippen LogP contribution in [0.1, 0.15) is 65.7 Å². The van der Waals surface area contributed by atoms with Gasteiger partial charge in [0.05, 0.1) is 11.9 Å². The third-order valence-corrected chi connectivity index (χ3v) is 12.1. The monoisotopic (exact) mass is 723 g/mol. The quantitative estimate of drug-likeness (QED) is 0.292. The molecule has 3 N–H and O–H groups in total. The van der Waals surface area contributed by atoms with E-state index in [1.807, 2.05) is 29.2 Å². The number of amides is 4. The average molecular weight is 724 g/mol. The zero-order valence-corrected chi connectivity index (χ0v) is 30.0. The van der Waals surface area contributed by atoms with Gasteiger partial charge < -0.3 is 25.2 Å². The highest BCUT2D eigenvalue weighted by atomic mass is 32.2. The normalized spacial score (nSPS) is 24.1. The fraction of sp³-hybridized carbons (Fsp3) is 0.514. The van der Waals surface area contributed by atoms with Gasteiger partial charge in [-0.1, -0.05) is 51.1 Å². The summed E-state index contributed by atoms with van der Waals surface area (Å²) in [5.41, 5.74) is 0.0478. The molecule has 4 atom stereocenters. The van der Waals surface area contributed by atoms with Crippen molar-refractivity contribution in [2.45, 2.75) is 94.7 Å². The number of nitrogens with zero attached hydrogens (tertiary/aromatic N) is 2. The number of nitrogens with one attached hydrogen (secondary N) is 3. The Morgan fingerprint density at radius 2 is 1.59 bits per heavy atom. The van der Waals surface area contributed by atoms with Gasteiger partial charge in [-0.15, -0.1) is 6.58 Å². The molecule has 4 fully saturated rings. The molecule has 2 aromatic rings. The first-order chi connectivity index (χ1) is 24.1. The lowest BCUT2D eigenvalue weighted by Gasteiger charge is -2.35. The number of anilines is 1. The molecule has 51 heavy (non-hydrogen) atoms. The van der Waals surface area contributed by atoms with Crippen LogP contribution in [-0.2, 0) is 29.1 Å². The molecule has 274 valence electrons. The minimum atomic E-state index is -3.89. The Labute approximate surface area is 298 Å². The van der Waals surface area contributed by atoms with Crippen LogP contribution in [0.5, 0.6) is 0 Å². The van der Waals surface area contributed by atoms with Gasteiger partial charge in [-0.2, -0.15) is 0 Å². The van der Waals surface area contributed by atoms with E-state index < -0.39 is 68.0 Å². The van der Waals surface area contributed by atoms with Crippen molar-refractivity contribution < 1.29 is 36.7 Å². The van der Waals surface area contributed by atoms with E-state index in [1.54, 1.807) is 32.9 Å². The van der Waals surface area contributed by atoms with Gasteiger partial charge in [-0.25, -0.2) is 17.6 Å². The lowest BCUT2D eigenvalue weighted by Crippen LogP contribution is -2.60. The second-order valence-corrected chi connectivity index (χ2v) is 17.1. The summed E-state index contributed by atoms with van der Waals surface area (Å²) < 4.78 is 46.6. The summed E-state index contributed by atoms with van der Waals surface area (Å²) in [5.74, 6) is -2.84. The molecule has 12 nitrogen and oxygen atoms in total. The smallest absolute Gasteiger partial charge is 0.408 e. The van der Waals surface area contributed by atoms with E-state index in [9.17, 15) is 32.0 Å².